The molecule has 0 bridgehead atoms. The highest BCUT2D eigenvalue weighted by molar-refractivity contribution is 5.86. The number of phenolic OH excluding ortho intramolecular Hbond substituents is 1. The first-order chi connectivity index (χ1) is 7.58. The Hall–Kier alpha value is -2.37. The molecule has 5 nitrogen and oxygen atoms in total. The molecule has 0 amide bonds. The minimum Gasteiger partial charge on any atom is -0.505 e. The van der Waals surface area contributed by atoms with E-state index in [1.165, 1.54) is 12.1 Å². The molecule has 82 valence electrons. The van der Waals surface area contributed by atoms with Crippen molar-refractivity contribution >= 4 is 5.97 Å². The summed E-state index contributed by atoms with van der Waals surface area (Å²) in [7, 11) is 0. The Morgan fingerprint density at radius 1 is 1.38 bits per heavy atom. The van der Waals surface area contributed by atoms with Crippen LogP contribution in [0.3, 0.4) is 0 Å². The zero-order valence-corrected chi connectivity index (χ0v) is 7.85. The maximum atomic E-state index is 12.8. The van der Waals surface area contributed by atoms with E-state index in [0.717, 1.165) is 12.1 Å². The topological polar surface area (TPSA) is 83.6 Å². The van der Waals surface area contributed by atoms with Gasteiger partial charge in [-0.3, -0.25) is 0 Å². The first-order valence-corrected chi connectivity index (χ1v) is 4.27. The summed E-state index contributed by atoms with van der Waals surface area (Å²) in [6, 6.07) is 4.71. The van der Waals surface area contributed by atoms with E-state index >= 15 is 0 Å². The molecule has 0 aliphatic rings. The summed E-state index contributed by atoms with van der Waals surface area (Å²) in [5.74, 6) is -2.37. The zero-order chi connectivity index (χ0) is 11.7. The lowest BCUT2D eigenvalue weighted by atomic mass is 10.1. The number of hydrogen-bond acceptors (Lipinski definition) is 4. The smallest absolute Gasteiger partial charge is 0.358 e. The van der Waals surface area contributed by atoms with E-state index < -0.39 is 17.5 Å². The third-order valence-electron chi connectivity index (χ3n) is 1.96. The molecule has 0 saturated heterocycles. The first kappa shape index (κ1) is 10.2. The number of aromatic carboxylic acids is 1. The van der Waals surface area contributed by atoms with Crippen LogP contribution in [-0.2, 0) is 0 Å². The van der Waals surface area contributed by atoms with Crippen molar-refractivity contribution in [3.8, 4) is 17.1 Å². The summed E-state index contributed by atoms with van der Waals surface area (Å²) in [5, 5.41) is 21.0. The monoisotopic (exact) mass is 223 g/mol. The van der Waals surface area contributed by atoms with Crippen molar-refractivity contribution in [1.29, 1.82) is 0 Å². The van der Waals surface area contributed by atoms with Crippen molar-refractivity contribution in [1.82, 2.24) is 5.16 Å². The van der Waals surface area contributed by atoms with Crippen molar-refractivity contribution in [3.63, 3.8) is 0 Å². The molecular formula is C10H6FNO4. The van der Waals surface area contributed by atoms with Crippen LogP contribution in [0, 0.1) is 5.82 Å². The number of aromatic nitrogens is 1. The fraction of sp³-hybridized carbons (Fsp3) is 0. The number of carboxylic acid groups (broad SMARTS) is 1. The number of hydrogen-bond donors (Lipinski definition) is 2. The Morgan fingerprint density at radius 3 is 2.69 bits per heavy atom. The van der Waals surface area contributed by atoms with E-state index in [4.69, 9.17) is 14.7 Å². The first-order valence-electron chi connectivity index (χ1n) is 4.27. The van der Waals surface area contributed by atoms with Gasteiger partial charge < -0.3 is 14.7 Å². The Morgan fingerprint density at radius 2 is 2.12 bits per heavy atom. The average molecular weight is 223 g/mol. The molecule has 0 fully saturated rings. The van der Waals surface area contributed by atoms with E-state index in [2.05, 4.69) is 5.16 Å². The lowest BCUT2D eigenvalue weighted by Crippen LogP contribution is -1.94. The standard InChI is InChI=1S/C10H6FNO4/c11-6-2-1-5(3-8(6)13)9-4-7(10(14)15)12-16-9/h1-4,13H,(H,14,15). The van der Waals surface area contributed by atoms with Crippen LogP contribution in [0.2, 0.25) is 0 Å². The van der Waals surface area contributed by atoms with Gasteiger partial charge in [0.05, 0.1) is 0 Å². The van der Waals surface area contributed by atoms with Crippen LogP contribution in [0.4, 0.5) is 4.39 Å². The van der Waals surface area contributed by atoms with Gasteiger partial charge in [-0.25, -0.2) is 9.18 Å². The zero-order valence-electron chi connectivity index (χ0n) is 7.85. The predicted molar refractivity (Wildman–Crippen MR) is 50.5 cm³/mol. The molecule has 0 atom stereocenters. The molecule has 0 aliphatic heterocycles. The van der Waals surface area contributed by atoms with E-state index in [1.807, 2.05) is 0 Å². The van der Waals surface area contributed by atoms with Gasteiger partial charge in [0.2, 0.25) is 0 Å². The van der Waals surface area contributed by atoms with E-state index in [9.17, 15) is 9.18 Å². The van der Waals surface area contributed by atoms with Crippen molar-refractivity contribution in [3.05, 3.63) is 35.8 Å². The normalized spacial score (nSPS) is 10.3. The highest BCUT2D eigenvalue weighted by Crippen LogP contribution is 2.25. The average Bonchev–Trinajstić information content (AvgIpc) is 2.71. The van der Waals surface area contributed by atoms with Crippen LogP contribution < -0.4 is 0 Å². The van der Waals surface area contributed by atoms with Crippen LogP contribution in [0.25, 0.3) is 11.3 Å². The van der Waals surface area contributed by atoms with Crippen molar-refractivity contribution in [2.45, 2.75) is 0 Å². The van der Waals surface area contributed by atoms with Crippen molar-refractivity contribution in [2.24, 2.45) is 0 Å². The number of halogens is 1. The lowest BCUT2D eigenvalue weighted by molar-refractivity contribution is 0.0686. The molecule has 0 spiro atoms. The number of carboxylic acids is 1. The summed E-state index contributed by atoms with van der Waals surface area (Å²) in [6.07, 6.45) is 0. The predicted octanol–water partition coefficient (Wildman–Crippen LogP) is 1.88. The van der Waals surface area contributed by atoms with Gasteiger partial charge in [0.15, 0.2) is 23.0 Å². The Kier molecular flexibility index (Phi) is 2.32. The van der Waals surface area contributed by atoms with Gasteiger partial charge in [0, 0.05) is 11.6 Å². The van der Waals surface area contributed by atoms with Crippen LogP contribution in [-0.4, -0.2) is 21.3 Å². The summed E-state index contributed by atoms with van der Waals surface area (Å²) in [4.78, 5) is 10.5. The largest absolute Gasteiger partial charge is 0.505 e. The number of aromatic hydroxyl groups is 1. The maximum Gasteiger partial charge on any atom is 0.358 e. The number of carbonyl (C=O) groups is 1. The third kappa shape index (κ3) is 1.72. The SMILES string of the molecule is O=C(O)c1cc(-c2ccc(F)c(O)c2)on1. The lowest BCUT2D eigenvalue weighted by Gasteiger charge is -1.97. The number of rotatable bonds is 2. The highest BCUT2D eigenvalue weighted by Gasteiger charge is 2.13. The fourth-order valence-corrected chi connectivity index (χ4v) is 1.18. The molecule has 2 rings (SSSR count). The van der Waals surface area contributed by atoms with Crippen molar-refractivity contribution < 1.29 is 23.9 Å². The van der Waals surface area contributed by atoms with Gasteiger partial charge in [-0.15, -0.1) is 0 Å². The molecule has 0 saturated carbocycles. The number of nitrogens with zero attached hydrogens (tertiary/aromatic N) is 1. The molecule has 1 aromatic carbocycles. The van der Waals surface area contributed by atoms with Crippen LogP contribution in [0.1, 0.15) is 10.5 Å². The van der Waals surface area contributed by atoms with Crippen LogP contribution in [0.5, 0.6) is 5.75 Å². The summed E-state index contributed by atoms with van der Waals surface area (Å²) < 4.78 is 17.5. The second-order valence-electron chi connectivity index (χ2n) is 3.05. The van der Waals surface area contributed by atoms with Gasteiger partial charge in [-0.2, -0.15) is 0 Å². The second-order valence-corrected chi connectivity index (χ2v) is 3.05. The van der Waals surface area contributed by atoms with Gasteiger partial charge in [0.25, 0.3) is 0 Å². The summed E-state index contributed by atoms with van der Waals surface area (Å²) in [6.45, 7) is 0. The molecule has 6 heteroatoms. The Balaban J connectivity index is 2.42. The quantitative estimate of drug-likeness (QED) is 0.812. The molecule has 0 unspecified atom stereocenters. The number of benzene rings is 1. The second kappa shape index (κ2) is 3.65. The minimum atomic E-state index is -1.22. The molecule has 16 heavy (non-hydrogen) atoms. The Bertz CT molecular complexity index is 550. The minimum absolute atomic E-state index is 0.146. The molecule has 1 aromatic heterocycles. The summed E-state index contributed by atoms with van der Waals surface area (Å²) in [5.41, 5.74) is 0.0951. The molecular weight excluding hydrogens is 217 g/mol. The number of phenols is 1. The molecule has 2 N–H and O–H groups in total. The van der Waals surface area contributed by atoms with Gasteiger partial charge in [-0.05, 0) is 18.2 Å². The fourth-order valence-electron chi connectivity index (χ4n) is 1.18. The maximum absolute atomic E-state index is 12.8. The molecule has 0 aliphatic carbocycles. The van der Waals surface area contributed by atoms with Gasteiger partial charge >= 0.3 is 5.97 Å². The highest BCUT2D eigenvalue weighted by atomic mass is 19.1. The van der Waals surface area contributed by atoms with E-state index in [1.54, 1.807) is 0 Å². The van der Waals surface area contributed by atoms with E-state index in [0.29, 0.717) is 5.56 Å². The molecule has 0 radical (unpaired) electrons. The van der Waals surface area contributed by atoms with Gasteiger partial charge in [-0.1, -0.05) is 5.16 Å². The Labute approximate surface area is 88.7 Å². The third-order valence-corrected chi connectivity index (χ3v) is 1.96. The van der Waals surface area contributed by atoms with Crippen LogP contribution >= 0.6 is 0 Å². The van der Waals surface area contributed by atoms with E-state index in [-0.39, 0.29) is 11.5 Å². The molecule has 2 aromatic rings. The van der Waals surface area contributed by atoms with Crippen LogP contribution in [0.15, 0.2) is 28.8 Å². The van der Waals surface area contributed by atoms with Gasteiger partial charge in [0.1, 0.15) is 0 Å². The van der Waals surface area contributed by atoms with Crippen molar-refractivity contribution in [2.75, 3.05) is 0 Å². The summed E-state index contributed by atoms with van der Waals surface area (Å²) >= 11 is 0. The molecule has 1 heterocycles.